The molecule has 0 spiro atoms. The second kappa shape index (κ2) is 5.26. The molecular formula is C11H12N4O3. The molecular weight excluding hydrogens is 236 g/mol. The summed E-state index contributed by atoms with van der Waals surface area (Å²) in [5, 5.41) is 8.04. The van der Waals surface area contributed by atoms with Gasteiger partial charge in [-0.15, -0.1) is 5.10 Å². The molecule has 2 aromatic heterocycles. The number of carbonyl (C=O) groups excluding carboxylic acids is 1. The van der Waals surface area contributed by atoms with E-state index >= 15 is 0 Å². The fourth-order valence-electron chi connectivity index (χ4n) is 1.41. The number of rotatable bonds is 4. The normalized spacial score (nSPS) is 10.3. The highest BCUT2D eigenvalue weighted by molar-refractivity contribution is 5.68. The summed E-state index contributed by atoms with van der Waals surface area (Å²) < 4.78 is 7.32. The van der Waals surface area contributed by atoms with Crippen LogP contribution in [-0.4, -0.2) is 32.1 Å². The van der Waals surface area contributed by atoms with Crippen LogP contribution in [0.5, 0.6) is 0 Å². The van der Waals surface area contributed by atoms with Crippen LogP contribution < -0.4 is 5.56 Å². The molecule has 7 heteroatoms. The zero-order valence-electron chi connectivity index (χ0n) is 9.81. The summed E-state index contributed by atoms with van der Waals surface area (Å²) in [7, 11) is 0. The smallest absolute Gasteiger partial charge is 0.327 e. The van der Waals surface area contributed by atoms with Gasteiger partial charge >= 0.3 is 5.97 Å². The Hall–Kier alpha value is -2.44. The molecule has 0 atom stereocenters. The first-order chi connectivity index (χ1) is 8.70. The molecule has 0 aliphatic carbocycles. The average molecular weight is 248 g/mol. The summed E-state index contributed by atoms with van der Waals surface area (Å²) in [6, 6.07) is 4.61. The van der Waals surface area contributed by atoms with Gasteiger partial charge in [0.05, 0.1) is 6.61 Å². The first-order valence-electron chi connectivity index (χ1n) is 5.44. The first-order valence-corrected chi connectivity index (χ1v) is 5.44. The summed E-state index contributed by atoms with van der Waals surface area (Å²) >= 11 is 0. The summed E-state index contributed by atoms with van der Waals surface area (Å²) in [5.74, 6) is -0.0337. The Kier molecular flexibility index (Phi) is 3.52. The third-order valence-electron chi connectivity index (χ3n) is 2.18. The van der Waals surface area contributed by atoms with Crippen LogP contribution in [0.15, 0.2) is 35.4 Å². The fourth-order valence-corrected chi connectivity index (χ4v) is 1.41. The molecule has 0 aliphatic heterocycles. The number of esters is 1. The Morgan fingerprint density at radius 2 is 2.28 bits per heavy atom. The van der Waals surface area contributed by atoms with Gasteiger partial charge in [0.25, 0.3) is 5.56 Å². The summed E-state index contributed by atoms with van der Waals surface area (Å²) in [6.45, 7) is 1.77. The zero-order valence-corrected chi connectivity index (χ0v) is 9.81. The maximum Gasteiger partial charge on any atom is 0.327 e. The summed E-state index contributed by atoms with van der Waals surface area (Å²) in [5.41, 5.74) is -0.362. The van der Waals surface area contributed by atoms with E-state index in [9.17, 15) is 9.59 Å². The fraction of sp³-hybridized carbons (Fsp3) is 0.273. The van der Waals surface area contributed by atoms with Gasteiger partial charge in [-0.05, 0) is 19.1 Å². The molecule has 94 valence electrons. The van der Waals surface area contributed by atoms with E-state index in [2.05, 4.69) is 10.2 Å². The zero-order chi connectivity index (χ0) is 13.0. The lowest BCUT2D eigenvalue weighted by Gasteiger charge is -2.06. The molecule has 0 bridgehead atoms. The van der Waals surface area contributed by atoms with Gasteiger partial charge in [0, 0.05) is 18.5 Å². The van der Waals surface area contributed by atoms with E-state index in [1.54, 1.807) is 25.4 Å². The minimum atomic E-state index is -0.496. The van der Waals surface area contributed by atoms with Crippen molar-refractivity contribution in [3.05, 3.63) is 40.9 Å². The van der Waals surface area contributed by atoms with E-state index in [-0.39, 0.29) is 18.7 Å². The molecule has 0 fully saturated rings. The van der Waals surface area contributed by atoms with Crippen molar-refractivity contribution in [2.45, 2.75) is 13.5 Å². The maximum atomic E-state index is 11.5. The topological polar surface area (TPSA) is 79.0 Å². The van der Waals surface area contributed by atoms with Crippen molar-refractivity contribution < 1.29 is 9.53 Å². The standard InChI is InChI=1S/C11H12N4O3/c1-2-18-11(17)8-15-10(16)5-4-9(13-15)14-7-3-6-12-14/h3-7H,2,8H2,1H3. The molecule has 0 saturated carbocycles. The third-order valence-corrected chi connectivity index (χ3v) is 2.18. The third kappa shape index (κ3) is 2.62. The van der Waals surface area contributed by atoms with E-state index in [4.69, 9.17) is 4.74 Å². The molecule has 2 rings (SSSR count). The molecule has 0 saturated heterocycles. The van der Waals surface area contributed by atoms with E-state index in [1.807, 2.05) is 0 Å². The van der Waals surface area contributed by atoms with Gasteiger partial charge in [0.1, 0.15) is 6.54 Å². The largest absolute Gasteiger partial charge is 0.465 e. The van der Waals surface area contributed by atoms with Gasteiger partial charge in [-0.2, -0.15) is 5.10 Å². The van der Waals surface area contributed by atoms with Crippen LogP contribution in [0.25, 0.3) is 5.82 Å². The quantitative estimate of drug-likeness (QED) is 0.711. The Balaban J connectivity index is 2.28. The molecule has 0 unspecified atom stereocenters. The predicted molar refractivity (Wildman–Crippen MR) is 62.3 cm³/mol. The van der Waals surface area contributed by atoms with Gasteiger partial charge < -0.3 is 4.74 Å². The highest BCUT2D eigenvalue weighted by atomic mass is 16.5. The number of hydrogen-bond donors (Lipinski definition) is 0. The lowest BCUT2D eigenvalue weighted by molar-refractivity contribution is -0.144. The van der Waals surface area contributed by atoms with Crippen molar-refractivity contribution in [3.63, 3.8) is 0 Å². The molecule has 0 N–H and O–H groups in total. The van der Waals surface area contributed by atoms with Crippen molar-refractivity contribution in [3.8, 4) is 5.82 Å². The maximum absolute atomic E-state index is 11.5. The Morgan fingerprint density at radius 3 is 2.94 bits per heavy atom. The molecule has 2 aromatic rings. The monoisotopic (exact) mass is 248 g/mol. The van der Waals surface area contributed by atoms with Gasteiger partial charge in [-0.25, -0.2) is 9.36 Å². The number of hydrogen-bond acceptors (Lipinski definition) is 5. The summed E-state index contributed by atoms with van der Waals surface area (Å²) in [6.07, 6.45) is 3.30. The van der Waals surface area contributed by atoms with Crippen molar-refractivity contribution >= 4 is 5.97 Å². The van der Waals surface area contributed by atoms with Gasteiger partial charge in [-0.3, -0.25) is 9.59 Å². The van der Waals surface area contributed by atoms with Crippen LogP contribution in [-0.2, 0) is 16.1 Å². The van der Waals surface area contributed by atoms with Crippen LogP contribution in [0.3, 0.4) is 0 Å². The van der Waals surface area contributed by atoms with Gasteiger partial charge in [0.15, 0.2) is 5.82 Å². The molecule has 0 aliphatic rings. The molecule has 7 nitrogen and oxygen atoms in total. The van der Waals surface area contributed by atoms with Crippen LogP contribution in [0, 0.1) is 0 Å². The number of ether oxygens (including phenoxy) is 1. The van der Waals surface area contributed by atoms with Crippen LogP contribution in [0.1, 0.15) is 6.92 Å². The van der Waals surface area contributed by atoms with Crippen LogP contribution in [0.4, 0.5) is 0 Å². The highest BCUT2D eigenvalue weighted by Gasteiger charge is 2.08. The summed E-state index contributed by atoms with van der Waals surface area (Å²) in [4.78, 5) is 22.9. The van der Waals surface area contributed by atoms with Crippen LogP contribution >= 0.6 is 0 Å². The van der Waals surface area contributed by atoms with Crippen molar-refractivity contribution in [2.75, 3.05) is 6.61 Å². The van der Waals surface area contributed by atoms with Crippen LogP contribution in [0.2, 0.25) is 0 Å². The van der Waals surface area contributed by atoms with Crippen molar-refractivity contribution in [1.82, 2.24) is 19.6 Å². The number of aromatic nitrogens is 4. The van der Waals surface area contributed by atoms with E-state index in [0.29, 0.717) is 5.82 Å². The first kappa shape index (κ1) is 12.0. The lowest BCUT2D eigenvalue weighted by Crippen LogP contribution is -2.28. The van der Waals surface area contributed by atoms with Crippen molar-refractivity contribution in [2.24, 2.45) is 0 Å². The number of nitrogens with zero attached hydrogens (tertiary/aromatic N) is 4. The predicted octanol–water partition coefficient (Wildman–Crippen LogP) is -0.00790. The average Bonchev–Trinajstić information content (AvgIpc) is 2.86. The second-order valence-electron chi connectivity index (χ2n) is 3.44. The highest BCUT2D eigenvalue weighted by Crippen LogP contribution is 1.98. The lowest BCUT2D eigenvalue weighted by atomic mass is 10.5. The second-order valence-corrected chi connectivity index (χ2v) is 3.44. The van der Waals surface area contributed by atoms with E-state index in [1.165, 1.54) is 16.8 Å². The van der Waals surface area contributed by atoms with Gasteiger partial charge in [0.2, 0.25) is 0 Å². The number of carbonyl (C=O) groups is 1. The molecule has 0 amide bonds. The molecule has 0 aromatic carbocycles. The van der Waals surface area contributed by atoms with Crippen molar-refractivity contribution in [1.29, 1.82) is 0 Å². The van der Waals surface area contributed by atoms with E-state index in [0.717, 1.165) is 4.68 Å². The SMILES string of the molecule is CCOC(=O)Cn1nc(-n2cccn2)ccc1=O. The minimum absolute atomic E-state index is 0.207. The molecule has 2 heterocycles. The Labute approximate surface area is 103 Å². The Morgan fingerprint density at radius 1 is 1.44 bits per heavy atom. The van der Waals surface area contributed by atoms with E-state index < -0.39 is 5.97 Å². The molecule has 18 heavy (non-hydrogen) atoms. The van der Waals surface area contributed by atoms with Gasteiger partial charge in [-0.1, -0.05) is 0 Å². The Bertz CT molecular complexity index is 589. The molecule has 0 radical (unpaired) electrons. The minimum Gasteiger partial charge on any atom is -0.465 e.